The van der Waals surface area contributed by atoms with Crippen molar-refractivity contribution in [2.45, 2.75) is 18.9 Å². The summed E-state index contributed by atoms with van der Waals surface area (Å²) in [6.07, 6.45) is 3.36. The molecule has 0 aliphatic carbocycles. The Morgan fingerprint density at radius 3 is 2.50 bits per heavy atom. The normalized spacial score (nSPS) is 15.6. The Kier molecular flexibility index (Phi) is 6.72. The molecule has 0 aromatic heterocycles. The van der Waals surface area contributed by atoms with Gasteiger partial charge in [0.15, 0.2) is 11.5 Å². The first kappa shape index (κ1) is 21.4. The predicted molar refractivity (Wildman–Crippen MR) is 110 cm³/mol. The molecule has 0 saturated carbocycles. The Bertz CT molecular complexity index is 972. The molecule has 1 atom stereocenters. The molecule has 1 aliphatic heterocycles. The first-order chi connectivity index (χ1) is 14.5. The van der Waals surface area contributed by atoms with Crippen LogP contribution in [-0.2, 0) is 20.7 Å². The van der Waals surface area contributed by atoms with Crippen LogP contribution in [0, 0.1) is 5.82 Å². The van der Waals surface area contributed by atoms with E-state index in [0.717, 1.165) is 11.1 Å². The van der Waals surface area contributed by atoms with E-state index in [-0.39, 0.29) is 12.3 Å². The Morgan fingerprint density at radius 1 is 1.13 bits per heavy atom. The number of amides is 1. The SMILES string of the molecule is COC(=O)CC1c2cc(OC)c(OC)cc2CCN1C(=O)/C=C/c1ccccc1F. The van der Waals surface area contributed by atoms with Crippen molar-refractivity contribution in [2.24, 2.45) is 0 Å². The lowest BCUT2D eigenvalue weighted by molar-refractivity contribution is -0.143. The molecule has 158 valence electrons. The maximum absolute atomic E-state index is 13.9. The third-order valence-electron chi connectivity index (χ3n) is 5.18. The van der Waals surface area contributed by atoms with Gasteiger partial charge in [-0.25, -0.2) is 4.39 Å². The highest BCUT2D eigenvalue weighted by Crippen LogP contribution is 2.39. The summed E-state index contributed by atoms with van der Waals surface area (Å²) >= 11 is 0. The molecule has 1 heterocycles. The molecule has 0 N–H and O–H groups in total. The zero-order valence-electron chi connectivity index (χ0n) is 17.2. The number of hydrogen-bond acceptors (Lipinski definition) is 5. The Morgan fingerprint density at radius 2 is 1.83 bits per heavy atom. The number of methoxy groups -OCH3 is 3. The second-order valence-corrected chi connectivity index (χ2v) is 6.84. The van der Waals surface area contributed by atoms with E-state index in [9.17, 15) is 14.0 Å². The van der Waals surface area contributed by atoms with Gasteiger partial charge in [-0.3, -0.25) is 9.59 Å². The fourth-order valence-corrected chi connectivity index (χ4v) is 3.62. The van der Waals surface area contributed by atoms with E-state index in [1.165, 1.54) is 32.4 Å². The summed E-state index contributed by atoms with van der Waals surface area (Å²) in [5.41, 5.74) is 2.10. The second-order valence-electron chi connectivity index (χ2n) is 6.84. The Balaban J connectivity index is 1.95. The summed E-state index contributed by atoms with van der Waals surface area (Å²) in [6.45, 7) is 0.407. The van der Waals surface area contributed by atoms with Gasteiger partial charge in [0.2, 0.25) is 5.91 Å². The topological polar surface area (TPSA) is 65.1 Å². The number of carbonyl (C=O) groups is 2. The van der Waals surface area contributed by atoms with Crippen LogP contribution in [0.5, 0.6) is 11.5 Å². The number of benzene rings is 2. The van der Waals surface area contributed by atoms with E-state index in [2.05, 4.69) is 0 Å². The van der Waals surface area contributed by atoms with Crippen LogP contribution in [0.2, 0.25) is 0 Å². The lowest BCUT2D eigenvalue weighted by Gasteiger charge is -2.36. The third-order valence-corrected chi connectivity index (χ3v) is 5.18. The molecule has 0 saturated heterocycles. The predicted octanol–water partition coefficient (Wildman–Crippen LogP) is 3.55. The van der Waals surface area contributed by atoms with E-state index < -0.39 is 17.8 Å². The highest BCUT2D eigenvalue weighted by atomic mass is 19.1. The minimum Gasteiger partial charge on any atom is -0.493 e. The molecule has 0 fully saturated rings. The molecular formula is C23H24FNO5. The maximum Gasteiger partial charge on any atom is 0.307 e. The first-order valence-corrected chi connectivity index (χ1v) is 9.53. The molecular weight excluding hydrogens is 389 g/mol. The van der Waals surface area contributed by atoms with E-state index in [1.54, 1.807) is 36.3 Å². The number of rotatable bonds is 6. The average molecular weight is 413 g/mol. The van der Waals surface area contributed by atoms with Crippen LogP contribution in [0.4, 0.5) is 4.39 Å². The minimum atomic E-state index is -0.529. The van der Waals surface area contributed by atoms with Crippen LogP contribution < -0.4 is 9.47 Å². The van der Waals surface area contributed by atoms with Gasteiger partial charge in [-0.1, -0.05) is 18.2 Å². The summed E-state index contributed by atoms with van der Waals surface area (Å²) in [6, 6.07) is 9.35. The van der Waals surface area contributed by atoms with Crippen LogP contribution in [0.25, 0.3) is 6.08 Å². The standard InChI is InChI=1S/C23H24FNO5/c1-28-20-12-16-10-11-25(22(26)9-8-15-6-4-5-7-18(15)24)19(14-23(27)30-3)17(16)13-21(20)29-2/h4-9,12-13,19H,10-11,14H2,1-3H3/b9-8+. The molecule has 0 bridgehead atoms. The summed E-state index contributed by atoms with van der Waals surface area (Å²) in [7, 11) is 4.40. The van der Waals surface area contributed by atoms with Gasteiger partial charge in [-0.2, -0.15) is 0 Å². The van der Waals surface area contributed by atoms with Crippen molar-refractivity contribution in [3.63, 3.8) is 0 Å². The van der Waals surface area contributed by atoms with E-state index in [4.69, 9.17) is 14.2 Å². The van der Waals surface area contributed by atoms with Crippen molar-refractivity contribution in [1.29, 1.82) is 0 Å². The number of carbonyl (C=O) groups excluding carboxylic acids is 2. The first-order valence-electron chi connectivity index (χ1n) is 9.53. The van der Waals surface area contributed by atoms with Crippen LogP contribution in [0.1, 0.15) is 29.2 Å². The highest BCUT2D eigenvalue weighted by molar-refractivity contribution is 5.92. The Hall–Kier alpha value is -3.35. The third kappa shape index (κ3) is 4.45. The van der Waals surface area contributed by atoms with Crippen molar-refractivity contribution in [2.75, 3.05) is 27.9 Å². The van der Waals surface area contributed by atoms with Crippen LogP contribution in [0.15, 0.2) is 42.5 Å². The number of esters is 1. The highest BCUT2D eigenvalue weighted by Gasteiger charge is 2.33. The van der Waals surface area contributed by atoms with E-state index in [0.29, 0.717) is 30.0 Å². The summed E-state index contributed by atoms with van der Waals surface area (Å²) in [4.78, 5) is 26.6. The molecule has 6 nitrogen and oxygen atoms in total. The molecule has 0 radical (unpaired) electrons. The van der Waals surface area contributed by atoms with Crippen molar-refractivity contribution < 1.29 is 28.2 Å². The maximum atomic E-state index is 13.9. The average Bonchev–Trinajstić information content (AvgIpc) is 2.77. The molecule has 2 aromatic carbocycles. The number of fused-ring (bicyclic) bond motifs is 1. The van der Waals surface area contributed by atoms with Gasteiger partial charge in [0.1, 0.15) is 5.82 Å². The van der Waals surface area contributed by atoms with Crippen molar-refractivity contribution in [1.82, 2.24) is 4.90 Å². The molecule has 30 heavy (non-hydrogen) atoms. The molecule has 0 spiro atoms. The van der Waals surface area contributed by atoms with Gasteiger partial charge in [0.05, 0.1) is 33.8 Å². The summed E-state index contributed by atoms with van der Waals surface area (Å²) in [5, 5.41) is 0. The number of hydrogen-bond donors (Lipinski definition) is 0. The van der Waals surface area contributed by atoms with Crippen molar-refractivity contribution in [3.8, 4) is 11.5 Å². The molecule has 1 amide bonds. The zero-order chi connectivity index (χ0) is 21.7. The molecule has 3 rings (SSSR count). The van der Waals surface area contributed by atoms with Gasteiger partial charge in [-0.15, -0.1) is 0 Å². The van der Waals surface area contributed by atoms with E-state index >= 15 is 0 Å². The van der Waals surface area contributed by atoms with Crippen LogP contribution in [0.3, 0.4) is 0 Å². The van der Waals surface area contributed by atoms with Crippen LogP contribution in [-0.4, -0.2) is 44.7 Å². The number of halogens is 1. The smallest absolute Gasteiger partial charge is 0.307 e. The molecule has 1 unspecified atom stereocenters. The quantitative estimate of drug-likeness (QED) is 0.535. The van der Waals surface area contributed by atoms with Gasteiger partial charge < -0.3 is 19.1 Å². The Labute approximate surface area is 174 Å². The van der Waals surface area contributed by atoms with Gasteiger partial charge >= 0.3 is 5.97 Å². The van der Waals surface area contributed by atoms with Crippen LogP contribution >= 0.6 is 0 Å². The molecule has 2 aromatic rings. The number of nitrogens with zero attached hydrogens (tertiary/aromatic N) is 1. The fraction of sp³-hybridized carbons (Fsp3) is 0.304. The number of ether oxygens (including phenoxy) is 3. The summed E-state index contributed by atoms with van der Waals surface area (Å²) < 4.78 is 29.5. The van der Waals surface area contributed by atoms with Crippen molar-refractivity contribution in [3.05, 3.63) is 65.0 Å². The molecule has 7 heteroatoms. The van der Waals surface area contributed by atoms with Gasteiger partial charge in [-0.05, 0) is 41.8 Å². The monoisotopic (exact) mass is 413 g/mol. The lowest BCUT2D eigenvalue weighted by Crippen LogP contribution is -2.40. The lowest BCUT2D eigenvalue weighted by atomic mass is 9.90. The molecule has 1 aliphatic rings. The second kappa shape index (κ2) is 9.43. The largest absolute Gasteiger partial charge is 0.493 e. The van der Waals surface area contributed by atoms with Crippen molar-refractivity contribution >= 4 is 18.0 Å². The van der Waals surface area contributed by atoms with Gasteiger partial charge in [0.25, 0.3) is 0 Å². The zero-order valence-corrected chi connectivity index (χ0v) is 17.2. The van der Waals surface area contributed by atoms with Gasteiger partial charge in [0, 0.05) is 18.2 Å². The van der Waals surface area contributed by atoms with E-state index in [1.807, 2.05) is 6.07 Å². The minimum absolute atomic E-state index is 0.00173. The summed E-state index contributed by atoms with van der Waals surface area (Å²) in [5.74, 6) is -0.0470. The fourth-order valence-electron chi connectivity index (χ4n) is 3.62.